The number of halogens is 2. The van der Waals surface area contributed by atoms with Crippen LogP contribution in [0.3, 0.4) is 0 Å². The molecule has 0 spiro atoms. The second kappa shape index (κ2) is 36.1. The predicted molar refractivity (Wildman–Crippen MR) is 193 cm³/mol. The number of nitrogens with zero attached hydrogens (tertiary/aromatic N) is 2. The van der Waals surface area contributed by atoms with E-state index >= 15 is 0 Å². The lowest BCUT2D eigenvalue weighted by Gasteiger charge is -2.30. The Hall–Kier alpha value is 0.240. The number of hydrogen-bond acceptors (Lipinski definition) is 0. The number of quaternary nitrogens is 2. The van der Waals surface area contributed by atoms with Crippen molar-refractivity contribution in [1.82, 2.24) is 0 Å². The first-order valence-electron chi connectivity index (χ1n) is 19.6. The molecular formula is C40H84Cl2N2. The number of unbranched alkanes of at least 4 members (excludes halogenated alkanes) is 26. The molecule has 0 aromatic heterocycles. The van der Waals surface area contributed by atoms with E-state index in [0.29, 0.717) is 0 Å². The predicted octanol–water partition coefficient (Wildman–Crippen LogP) is 6.67. The Bertz CT molecular complexity index is 514. The van der Waals surface area contributed by atoms with Crippen molar-refractivity contribution in [2.45, 2.75) is 194 Å². The summed E-state index contributed by atoms with van der Waals surface area (Å²) >= 11 is 0. The minimum Gasteiger partial charge on any atom is -1.00 e. The molecule has 0 atom stereocenters. The first kappa shape index (κ1) is 48.6. The largest absolute Gasteiger partial charge is 1.00 e. The molecule has 44 heavy (non-hydrogen) atoms. The molecule has 0 aliphatic rings. The van der Waals surface area contributed by atoms with E-state index in [1.165, 1.54) is 206 Å². The maximum absolute atomic E-state index is 2.47. The Balaban J connectivity index is -0.00000840. The summed E-state index contributed by atoms with van der Waals surface area (Å²) < 4.78 is 2.28. The van der Waals surface area contributed by atoms with Gasteiger partial charge >= 0.3 is 0 Å². The molecule has 268 valence electrons. The van der Waals surface area contributed by atoms with E-state index in [1.54, 1.807) is 0 Å². The van der Waals surface area contributed by atoms with Gasteiger partial charge in [0.05, 0.1) is 54.4 Å². The van der Waals surface area contributed by atoms with Crippen molar-refractivity contribution >= 4 is 0 Å². The van der Waals surface area contributed by atoms with E-state index in [9.17, 15) is 0 Å². The van der Waals surface area contributed by atoms with Crippen LogP contribution < -0.4 is 24.8 Å². The van der Waals surface area contributed by atoms with Gasteiger partial charge in [-0.05, 0) is 37.8 Å². The minimum atomic E-state index is 0. The lowest BCUT2D eigenvalue weighted by molar-refractivity contribution is -0.887. The van der Waals surface area contributed by atoms with Gasteiger partial charge in [-0.2, -0.15) is 0 Å². The van der Waals surface area contributed by atoms with Crippen molar-refractivity contribution in [2.24, 2.45) is 0 Å². The topological polar surface area (TPSA) is 0 Å². The fourth-order valence-corrected chi connectivity index (χ4v) is 6.37. The molecule has 0 saturated heterocycles. The van der Waals surface area contributed by atoms with Gasteiger partial charge in [0.25, 0.3) is 0 Å². The van der Waals surface area contributed by atoms with Crippen LogP contribution in [0.1, 0.15) is 194 Å². The van der Waals surface area contributed by atoms with Crippen molar-refractivity contribution in [3.63, 3.8) is 0 Å². The monoisotopic (exact) mass is 663 g/mol. The Labute approximate surface area is 293 Å². The molecule has 0 N–H and O–H groups in total. The minimum absolute atomic E-state index is 0. The summed E-state index contributed by atoms with van der Waals surface area (Å²) in [5.74, 6) is 0. The maximum Gasteiger partial charge on any atom is 0.0971 e. The van der Waals surface area contributed by atoms with Crippen LogP contribution in [-0.4, -0.2) is 63.3 Å². The molecule has 0 unspecified atom stereocenters. The average molecular weight is 664 g/mol. The molecule has 0 aromatic rings. The highest BCUT2D eigenvalue weighted by molar-refractivity contribution is 4.81. The van der Waals surface area contributed by atoms with Crippen LogP contribution in [0.25, 0.3) is 0 Å². The third kappa shape index (κ3) is 38.4. The molecule has 0 heterocycles. The molecular weight excluding hydrogens is 579 g/mol. The molecule has 0 radical (unpaired) electrons. The number of hydrogen-bond donors (Lipinski definition) is 0. The van der Waals surface area contributed by atoms with Crippen molar-refractivity contribution < 1.29 is 33.8 Å². The fourth-order valence-electron chi connectivity index (χ4n) is 6.37. The van der Waals surface area contributed by atoms with Gasteiger partial charge in [0, 0.05) is 0 Å². The Morgan fingerprint density at radius 2 is 0.477 bits per heavy atom. The smallest absolute Gasteiger partial charge is 0.0971 e. The van der Waals surface area contributed by atoms with E-state index in [2.05, 4.69) is 54.2 Å². The van der Waals surface area contributed by atoms with Gasteiger partial charge in [-0.3, -0.25) is 0 Å². The summed E-state index contributed by atoms with van der Waals surface area (Å²) in [5.41, 5.74) is 0. The van der Waals surface area contributed by atoms with E-state index < -0.39 is 0 Å². The average Bonchev–Trinajstić information content (AvgIpc) is 2.95. The van der Waals surface area contributed by atoms with Gasteiger partial charge in [-0.15, -0.1) is 0 Å². The summed E-state index contributed by atoms with van der Waals surface area (Å²) in [5, 5.41) is 0. The van der Waals surface area contributed by atoms with Gasteiger partial charge in [0.1, 0.15) is 0 Å². The zero-order valence-electron chi connectivity index (χ0n) is 31.4. The highest BCUT2D eigenvalue weighted by Gasteiger charge is 2.14. The van der Waals surface area contributed by atoms with E-state index in [-0.39, 0.29) is 24.8 Å². The first-order chi connectivity index (χ1) is 20.3. The van der Waals surface area contributed by atoms with Crippen LogP contribution in [0.5, 0.6) is 0 Å². The van der Waals surface area contributed by atoms with E-state index in [4.69, 9.17) is 0 Å². The summed E-state index contributed by atoms with van der Waals surface area (Å²) in [6, 6.07) is 0. The van der Waals surface area contributed by atoms with E-state index in [1.807, 2.05) is 0 Å². The highest BCUT2D eigenvalue weighted by Crippen LogP contribution is 2.15. The quantitative estimate of drug-likeness (QED) is 0.0410. The zero-order valence-corrected chi connectivity index (χ0v) is 32.9. The summed E-state index contributed by atoms with van der Waals surface area (Å²) in [6.07, 6.45) is 45.4. The molecule has 2 nitrogen and oxygen atoms in total. The summed E-state index contributed by atoms with van der Waals surface area (Å²) in [4.78, 5) is 0. The van der Waals surface area contributed by atoms with Gasteiger partial charge in [0.15, 0.2) is 0 Å². The SMILES string of the molecule is CCCCCCCCCCCCCCCC[N+](C)(C)C/C=C\C[N+](C)(C)CCCCCCCCCCCCCCCC.[Cl-].[Cl-]. The number of likely N-dealkylation sites (N-methyl/N-ethyl adjacent to an activating group) is 2. The van der Waals surface area contributed by atoms with Crippen LogP contribution >= 0.6 is 0 Å². The Kier molecular flexibility index (Phi) is 39.9. The first-order valence-corrected chi connectivity index (χ1v) is 19.6. The maximum atomic E-state index is 2.47. The molecule has 0 aliphatic carbocycles. The second-order valence-corrected chi connectivity index (χ2v) is 15.3. The van der Waals surface area contributed by atoms with Crippen molar-refractivity contribution in [3.8, 4) is 0 Å². The fraction of sp³-hybridized carbons (Fsp3) is 0.950. The van der Waals surface area contributed by atoms with Crippen LogP contribution in [0.15, 0.2) is 12.2 Å². The molecule has 0 fully saturated rings. The highest BCUT2D eigenvalue weighted by atomic mass is 35.5. The normalized spacial score (nSPS) is 12.0. The molecule has 0 aromatic carbocycles. The Morgan fingerprint density at radius 1 is 0.295 bits per heavy atom. The van der Waals surface area contributed by atoms with Gasteiger partial charge in [0.2, 0.25) is 0 Å². The van der Waals surface area contributed by atoms with Crippen LogP contribution in [-0.2, 0) is 0 Å². The van der Waals surface area contributed by atoms with E-state index in [0.717, 1.165) is 8.97 Å². The molecule has 0 aliphatic heterocycles. The number of rotatable bonds is 34. The molecule has 0 bridgehead atoms. The molecule has 0 saturated carbocycles. The van der Waals surface area contributed by atoms with Crippen LogP contribution in [0.2, 0.25) is 0 Å². The van der Waals surface area contributed by atoms with Crippen LogP contribution in [0, 0.1) is 0 Å². The van der Waals surface area contributed by atoms with Gasteiger partial charge < -0.3 is 33.8 Å². The molecule has 0 rings (SSSR count). The summed E-state index contributed by atoms with van der Waals surface area (Å²) in [6.45, 7) is 9.61. The third-order valence-electron chi connectivity index (χ3n) is 9.60. The second-order valence-electron chi connectivity index (χ2n) is 15.3. The van der Waals surface area contributed by atoms with Crippen molar-refractivity contribution in [3.05, 3.63) is 12.2 Å². The summed E-state index contributed by atoms with van der Waals surface area (Å²) in [7, 11) is 9.67. The lowest BCUT2D eigenvalue weighted by atomic mass is 10.0. The third-order valence-corrected chi connectivity index (χ3v) is 9.60. The lowest BCUT2D eigenvalue weighted by Crippen LogP contribution is -3.00. The standard InChI is InChI=1S/C40H84N2.2ClH/c1-7-9-11-13-15-17-19-21-23-25-27-29-31-33-37-41(3,4)39-35-36-40-42(5,6)38-34-32-30-28-26-24-22-20-18-16-14-12-10-8-2;;/h35-36H,7-34,37-40H2,1-6H3;2*1H/q+2;;/p-2/b36-35-;;. The van der Waals surface area contributed by atoms with Gasteiger partial charge in [-0.1, -0.05) is 168 Å². The van der Waals surface area contributed by atoms with Gasteiger partial charge in [-0.25, -0.2) is 0 Å². The molecule has 4 heteroatoms. The Morgan fingerprint density at radius 3 is 0.682 bits per heavy atom. The van der Waals surface area contributed by atoms with Crippen molar-refractivity contribution in [1.29, 1.82) is 0 Å². The molecule has 0 amide bonds. The van der Waals surface area contributed by atoms with Crippen molar-refractivity contribution in [2.75, 3.05) is 54.4 Å². The zero-order chi connectivity index (χ0) is 31.0. The van der Waals surface area contributed by atoms with Crippen LogP contribution in [0.4, 0.5) is 0 Å².